The van der Waals surface area contributed by atoms with Crippen LogP contribution in [0.15, 0.2) is 31.0 Å². The molecule has 0 aliphatic carbocycles. The van der Waals surface area contributed by atoms with Crippen molar-refractivity contribution >= 4 is 5.69 Å². The summed E-state index contributed by atoms with van der Waals surface area (Å²) >= 11 is 0. The minimum Gasteiger partial charge on any atom is -0.383 e. The summed E-state index contributed by atoms with van der Waals surface area (Å²) in [5.41, 5.74) is 2.22. The topological polar surface area (TPSA) is 37.4 Å². The van der Waals surface area contributed by atoms with Gasteiger partial charge in [0.05, 0.1) is 24.2 Å². The lowest BCUT2D eigenvalue weighted by Crippen LogP contribution is -2.27. The maximum Gasteiger partial charge on any atom is 0.0637 e. The normalized spacial score (nSPS) is 12.1. The fraction of sp³-hybridized carbons (Fsp3) is 0.588. The Hall–Kier alpha value is -1.39. The minimum absolute atomic E-state index is 0.339. The third kappa shape index (κ3) is 5.86. The highest BCUT2D eigenvalue weighted by molar-refractivity contribution is 5.45. The molecule has 0 aliphatic heterocycles. The number of hydrogen-bond acceptors (Lipinski definition) is 4. The Morgan fingerprint density at radius 3 is 2.76 bits per heavy atom. The van der Waals surface area contributed by atoms with Crippen LogP contribution in [-0.4, -0.2) is 38.3 Å². The van der Waals surface area contributed by atoms with Crippen LogP contribution in [-0.2, 0) is 4.74 Å². The molecule has 1 atom stereocenters. The van der Waals surface area contributed by atoms with E-state index in [2.05, 4.69) is 47.8 Å². The SMILES string of the molecule is C=CCN(CCOC)c1ccc(C(CC)NCCC)nc1. The molecule has 1 heterocycles. The van der Waals surface area contributed by atoms with E-state index >= 15 is 0 Å². The highest BCUT2D eigenvalue weighted by atomic mass is 16.5. The number of nitrogens with zero attached hydrogens (tertiary/aromatic N) is 2. The third-order valence-corrected chi connectivity index (χ3v) is 3.46. The van der Waals surface area contributed by atoms with E-state index in [1.54, 1.807) is 7.11 Å². The van der Waals surface area contributed by atoms with Gasteiger partial charge in [-0.1, -0.05) is 19.9 Å². The van der Waals surface area contributed by atoms with Gasteiger partial charge in [-0.15, -0.1) is 6.58 Å². The van der Waals surface area contributed by atoms with Gasteiger partial charge in [-0.25, -0.2) is 0 Å². The Labute approximate surface area is 129 Å². The van der Waals surface area contributed by atoms with Crippen molar-refractivity contribution in [2.24, 2.45) is 0 Å². The molecule has 1 aromatic rings. The first-order valence-corrected chi connectivity index (χ1v) is 7.80. The summed E-state index contributed by atoms with van der Waals surface area (Å²) in [7, 11) is 1.72. The van der Waals surface area contributed by atoms with Crippen LogP contribution in [0.4, 0.5) is 5.69 Å². The lowest BCUT2D eigenvalue weighted by atomic mass is 10.1. The van der Waals surface area contributed by atoms with Crippen LogP contribution in [0.1, 0.15) is 38.4 Å². The van der Waals surface area contributed by atoms with Crippen LogP contribution in [0.25, 0.3) is 0 Å². The number of hydrogen-bond donors (Lipinski definition) is 1. The number of pyridine rings is 1. The fourth-order valence-electron chi connectivity index (χ4n) is 2.25. The Morgan fingerprint density at radius 2 is 2.24 bits per heavy atom. The van der Waals surface area contributed by atoms with Crippen molar-refractivity contribution in [1.29, 1.82) is 0 Å². The molecule has 0 saturated heterocycles. The van der Waals surface area contributed by atoms with Crippen molar-refractivity contribution < 1.29 is 4.74 Å². The van der Waals surface area contributed by atoms with Crippen LogP contribution in [0.3, 0.4) is 0 Å². The maximum absolute atomic E-state index is 5.16. The van der Waals surface area contributed by atoms with Gasteiger partial charge in [0.1, 0.15) is 0 Å². The number of nitrogens with one attached hydrogen (secondary N) is 1. The molecule has 0 amide bonds. The van der Waals surface area contributed by atoms with Gasteiger partial charge in [0.15, 0.2) is 0 Å². The van der Waals surface area contributed by atoms with Crippen molar-refractivity contribution in [3.8, 4) is 0 Å². The summed E-state index contributed by atoms with van der Waals surface area (Å²) in [5.74, 6) is 0. The van der Waals surface area contributed by atoms with Crippen LogP contribution >= 0.6 is 0 Å². The number of anilines is 1. The van der Waals surface area contributed by atoms with Crippen molar-refractivity contribution in [2.75, 3.05) is 38.3 Å². The molecular weight excluding hydrogens is 262 g/mol. The van der Waals surface area contributed by atoms with Gasteiger partial charge in [-0.05, 0) is 31.5 Å². The first-order valence-electron chi connectivity index (χ1n) is 7.80. The molecule has 0 fully saturated rings. The highest BCUT2D eigenvalue weighted by Gasteiger charge is 2.11. The largest absolute Gasteiger partial charge is 0.383 e. The van der Waals surface area contributed by atoms with Gasteiger partial charge in [-0.3, -0.25) is 4.98 Å². The van der Waals surface area contributed by atoms with E-state index in [0.29, 0.717) is 12.6 Å². The van der Waals surface area contributed by atoms with Crippen LogP contribution in [0, 0.1) is 0 Å². The fourth-order valence-corrected chi connectivity index (χ4v) is 2.25. The lowest BCUT2D eigenvalue weighted by molar-refractivity contribution is 0.206. The first-order chi connectivity index (χ1) is 10.3. The Kier molecular flexibility index (Phi) is 8.71. The zero-order valence-electron chi connectivity index (χ0n) is 13.6. The highest BCUT2D eigenvalue weighted by Crippen LogP contribution is 2.18. The third-order valence-electron chi connectivity index (χ3n) is 3.46. The minimum atomic E-state index is 0.339. The summed E-state index contributed by atoms with van der Waals surface area (Å²) in [6.07, 6.45) is 6.04. The molecule has 118 valence electrons. The quantitative estimate of drug-likeness (QED) is 0.635. The van der Waals surface area contributed by atoms with E-state index in [1.165, 1.54) is 0 Å². The van der Waals surface area contributed by atoms with E-state index in [0.717, 1.165) is 43.9 Å². The number of rotatable bonds is 11. The van der Waals surface area contributed by atoms with E-state index in [-0.39, 0.29) is 0 Å². The zero-order valence-corrected chi connectivity index (χ0v) is 13.6. The smallest absolute Gasteiger partial charge is 0.0637 e. The second-order valence-corrected chi connectivity index (χ2v) is 5.08. The van der Waals surface area contributed by atoms with Gasteiger partial charge < -0.3 is 15.0 Å². The lowest BCUT2D eigenvalue weighted by Gasteiger charge is -2.23. The summed E-state index contributed by atoms with van der Waals surface area (Å²) in [6.45, 7) is 11.5. The van der Waals surface area contributed by atoms with E-state index in [1.807, 2.05) is 12.3 Å². The van der Waals surface area contributed by atoms with Crippen molar-refractivity contribution in [2.45, 2.75) is 32.7 Å². The predicted molar refractivity (Wildman–Crippen MR) is 89.8 cm³/mol. The van der Waals surface area contributed by atoms with Gasteiger partial charge in [0.2, 0.25) is 0 Å². The van der Waals surface area contributed by atoms with Gasteiger partial charge in [-0.2, -0.15) is 0 Å². The molecular formula is C17H29N3O. The van der Waals surface area contributed by atoms with Crippen molar-refractivity contribution in [3.63, 3.8) is 0 Å². The summed E-state index contributed by atoms with van der Waals surface area (Å²) in [6, 6.07) is 4.60. The summed E-state index contributed by atoms with van der Waals surface area (Å²) < 4.78 is 5.16. The molecule has 21 heavy (non-hydrogen) atoms. The molecule has 1 rings (SSSR count). The van der Waals surface area contributed by atoms with Gasteiger partial charge >= 0.3 is 0 Å². The second kappa shape index (κ2) is 10.4. The second-order valence-electron chi connectivity index (χ2n) is 5.08. The van der Waals surface area contributed by atoms with Crippen LogP contribution in [0.2, 0.25) is 0 Å². The summed E-state index contributed by atoms with van der Waals surface area (Å²) in [5, 5.41) is 3.53. The molecule has 0 saturated carbocycles. The molecule has 4 heteroatoms. The Morgan fingerprint density at radius 1 is 1.43 bits per heavy atom. The molecule has 0 aliphatic rings. The molecule has 0 radical (unpaired) electrons. The van der Waals surface area contributed by atoms with E-state index < -0.39 is 0 Å². The standard InChI is InChI=1S/C17H29N3O/c1-5-10-18-16(7-3)17-9-8-15(14-19-17)20(11-6-2)12-13-21-4/h6,8-9,14,16,18H,2,5,7,10-13H2,1,3-4H3. The molecule has 0 aromatic carbocycles. The van der Waals surface area contributed by atoms with Crippen molar-refractivity contribution in [1.82, 2.24) is 10.3 Å². The first kappa shape index (κ1) is 17.7. The van der Waals surface area contributed by atoms with Gasteiger partial charge in [0, 0.05) is 26.2 Å². The predicted octanol–water partition coefficient (Wildman–Crippen LogP) is 3.17. The average Bonchev–Trinajstić information content (AvgIpc) is 2.53. The monoisotopic (exact) mass is 291 g/mol. The van der Waals surface area contributed by atoms with Crippen LogP contribution < -0.4 is 10.2 Å². The molecule has 1 aromatic heterocycles. The zero-order chi connectivity index (χ0) is 15.5. The molecule has 4 nitrogen and oxygen atoms in total. The van der Waals surface area contributed by atoms with Crippen LogP contribution in [0.5, 0.6) is 0 Å². The molecule has 1 N–H and O–H groups in total. The average molecular weight is 291 g/mol. The number of ether oxygens (including phenoxy) is 1. The van der Waals surface area contributed by atoms with Crippen molar-refractivity contribution in [3.05, 3.63) is 36.7 Å². The number of aromatic nitrogens is 1. The van der Waals surface area contributed by atoms with E-state index in [9.17, 15) is 0 Å². The summed E-state index contributed by atoms with van der Waals surface area (Å²) in [4.78, 5) is 6.85. The molecule has 1 unspecified atom stereocenters. The Bertz CT molecular complexity index is 392. The maximum atomic E-state index is 5.16. The Balaban J connectivity index is 2.75. The molecule has 0 spiro atoms. The van der Waals surface area contributed by atoms with E-state index in [4.69, 9.17) is 4.74 Å². The van der Waals surface area contributed by atoms with Gasteiger partial charge in [0.25, 0.3) is 0 Å². The number of methoxy groups -OCH3 is 1. The molecule has 0 bridgehead atoms.